The van der Waals surface area contributed by atoms with Crippen LogP contribution in [0.15, 0.2) is 48.5 Å². The maximum atomic E-state index is 13.0. The lowest BCUT2D eigenvalue weighted by Crippen LogP contribution is -2.45. The van der Waals surface area contributed by atoms with Crippen LogP contribution in [0.2, 0.25) is 0 Å². The van der Waals surface area contributed by atoms with Crippen LogP contribution in [0.1, 0.15) is 45.2 Å². The summed E-state index contributed by atoms with van der Waals surface area (Å²) in [4.78, 5) is 12.8. The van der Waals surface area contributed by atoms with Crippen molar-refractivity contribution in [3.63, 3.8) is 0 Å². The van der Waals surface area contributed by atoms with Crippen molar-refractivity contribution in [2.75, 3.05) is 0 Å². The van der Waals surface area contributed by atoms with Gasteiger partial charge in [-0.05, 0) is 50.6 Å². The molecule has 1 amide bonds. The third-order valence-corrected chi connectivity index (χ3v) is 4.45. The Morgan fingerprint density at radius 3 is 2.65 bits per heavy atom. The van der Waals surface area contributed by atoms with Crippen molar-refractivity contribution in [3.05, 3.63) is 59.9 Å². The Hall–Kier alpha value is -2.56. The molecule has 4 nitrogen and oxygen atoms in total. The number of nitrogens with one attached hydrogen (secondary N) is 1. The van der Waals surface area contributed by atoms with Gasteiger partial charge in [0.1, 0.15) is 22.9 Å². The van der Waals surface area contributed by atoms with Gasteiger partial charge < -0.3 is 14.8 Å². The molecule has 0 unspecified atom stereocenters. The van der Waals surface area contributed by atoms with E-state index in [4.69, 9.17) is 9.47 Å². The van der Waals surface area contributed by atoms with Gasteiger partial charge >= 0.3 is 0 Å². The molecule has 0 radical (unpaired) electrons. The third-order valence-electron chi connectivity index (χ3n) is 4.45. The normalized spacial score (nSPS) is 19.0. The number of fused-ring (bicyclic) bond motifs is 1. The molecule has 0 saturated carbocycles. The predicted molar refractivity (Wildman–Crippen MR) is 97.8 cm³/mol. The van der Waals surface area contributed by atoms with Gasteiger partial charge in [0.05, 0.1) is 6.04 Å². The molecule has 5 heteroatoms. The molecule has 0 saturated heterocycles. The highest BCUT2D eigenvalue weighted by Gasteiger charge is 2.35. The van der Waals surface area contributed by atoms with E-state index in [2.05, 4.69) is 5.32 Å². The SMILES string of the molecule is CC[C@@H](Oc1ccc(F)cc1)C(=O)N[C@@H]1CC(C)(C)Oc2ccccc21. The molecule has 0 bridgehead atoms. The van der Waals surface area contributed by atoms with E-state index in [9.17, 15) is 9.18 Å². The number of rotatable bonds is 5. The van der Waals surface area contributed by atoms with Gasteiger partial charge in [-0.3, -0.25) is 4.79 Å². The smallest absolute Gasteiger partial charge is 0.261 e. The number of hydrogen-bond donors (Lipinski definition) is 1. The first kappa shape index (κ1) is 18.2. The summed E-state index contributed by atoms with van der Waals surface area (Å²) >= 11 is 0. The van der Waals surface area contributed by atoms with Crippen LogP contribution in [-0.2, 0) is 4.79 Å². The summed E-state index contributed by atoms with van der Waals surface area (Å²) in [6.45, 7) is 5.90. The molecule has 0 aliphatic carbocycles. The number of ether oxygens (including phenoxy) is 2. The van der Waals surface area contributed by atoms with Gasteiger partial charge in [0.15, 0.2) is 6.10 Å². The Morgan fingerprint density at radius 2 is 1.96 bits per heavy atom. The minimum Gasteiger partial charge on any atom is -0.487 e. The van der Waals surface area contributed by atoms with Crippen molar-refractivity contribution in [2.45, 2.75) is 51.4 Å². The molecule has 1 aliphatic heterocycles. The van der Waals surface area contributed by atoms with Crippen LogP contribution in [0.4, 0.5) is 4.39 Å². The maximum absolute atomic E-state index is 13.0. The minimum atomic E-state index is -0.640. The fourth-order valence-corrected chi connectivity index (χ4v) is 3.20. The number of benzene rings is 2. The predicted octanol–water partition coefficient (Wildman–Crippen LogP) is 4.40. The van der Waals surface area contributed by atoms with Crippen LogP contribution in [0, 0.1) is 5.82 Å². The van der Waals surface area contributed by atoms with Crippen molar-refractivity contribution < 1.29 is 18.7 Å². The summed E-state index contributed by atoms with van der Waals surface area (Å²) in [5, 5.41) is 3.10. The highest BCUT2D eigenvalue weighted by Crippen LogP contribution is 2.39. The first-order valence-electron chi connectivity index (χ1n) is 8.88. The van der Waals surface area contributed by atoms with Crippen LogP contribution in [-0.4, -0.2) is 17.6 Å². The van der Waals surface area contributed by atoms with Crippen molar-refractivity contribution in [1.82, 2.24) is 5.32 Å². The van der Waals surface area contributed by atoms with Gasteiger partial charge in [-0.15, -0.1) is 0 Å². The minimum absolute atomic E-state index is 0.145. The Kier molecular flexibility index (Phi) is 5.16. The number of carbonyl (C=O) groups is 1. The summed E-state index contributed by atoms with van der Waals surface area (Å²) in [7, 11) is 0. The molecular formula is C21H24FNO3. The van der Waals surface area contributed by atoms with Crippen LogP contribution < -0.4 is 14.8 Å². The van der Waals surface area contributed by atoms with E-state index in [0.29, 0.717) is 18.6 Å². The van der Waals surface area contributed by atoms with Crippen molar-refractivity contribution >= 4 is 5.91 Å². The Labute approximate surface area is 153 Å². The van der Waals surface area contributed by atoms with Crippen LogP contribution in [0.3, 0.4) is 0 Å². The largest absolute Gasteiger partial charge is 0.487 e. The highest BCUT2D eigenvalue weighted by atomic mass is 19.1. The van der Waals surface area contributed by atoms with E-state index in [0.717, 1.165) is 11.3 Å². The van der Waals surface area contributed by atoms with E-state index >= 15 is 0 Å². The monoisotopic (exact) mass is 357 g/mol. The summed E-state index contributed by atoms with van der Waals surface area (Å²) in [5.41, 5.74) is 0.600. The van der Waals surface area contributed by atoms with Gasteiger partial charge in [0.25, 0.3) is 5.91 Å². The Balaban J connectivity index is 1.74. The first-order valence-corrected chi connectivity index (χ1v) is 8.88. The fourth-order valence-electron chi connectivity index (χ4n) is 3.20. The van der Waals surface area contributed by atoms with Gasteiger partial charge in [0.2, 0.25) is 0 Å². The van der Waals surface area contributed by atoms with Crippen molar-refractivity contribution in [2.24, 2.45) is 0 Å². The zero-order valence-electron chi connectivity index (χ0n) is 15.3. The van der Waals surface area contributed by atoms with E-state index < -0.39 is 6.10 Å². The molecule has 2 aromatic rings. The number of hydrogen-bond acceptors (Lipinski definition) is 3. The standard InChI is InChI=1S/C21H24FNO3/c1-4-18(25-15-11-9-14(22)10-12-15)20(24)23-17-13-21(2,3)26-19-8-6-5-7-16(17)19/h5-12,17-18H,4,13H2,1-3H3,(H,23,24)/t17-,18-/m1/s1. The third kappa shape index (κ3) is 4.15. The summed E-state index contributed by atoms with van der Waals surface area (Å²) in [6.07, 6.45) is 0.541. The summed E-state index contributed by atoms with van der Waals surface area (Å²) in [5.74, 6) is 0.743. The van der Waals surface area contributed by atoms with E-state index in [1.165, 1.54) is 24.3 Å². The second-order valence-electron chi connectivity index (χ2n) is 7.13. The van der Waals surface area contributed by atoms with Crippen LogP contribution >= 0.6 is 0 Å². The average molecular weight is 357 g/mol. The number of halogens is 1. The molecule has 2 aromatic carbocycles. The van der Waals surface area contributed by atoms with Gasteiger partial charge in [0, 0.05) is 12.0 Å². The van der Waals surface area contributed by atoms with E-state index in [1.54, 1.807) is 0 Å². The molecule has 1 heterocycles. The lowest BCUT2D eigenvalue weighted by atomic mass is 9.89. The summed E-state index contributed by atoms with van der Waals surface area (Å²) < 4.78 is 24.8. The van der Waals surface area contributed by atoms with Gasteiger partial charge in [-0.25, -0.2) is 4.39 Å². The van der Waals surface area contributed by atoms with E-state index in [1.807, 2.05) is 45.0 Å². The molecule has 26 heavy (non-hydrogen) atoms. The molecular weight excluding hydrogens is 333 g/mol. The second kappa shape index (κ2) is 7.36. The van der Waals surface area contributed by atoms with Gasteiger partial charge in [-0.1, -0.05) is 25.1 Å². The van der Waals surface area contributed by atoms with Crippen molar-refractivity contribution in [3.8, 4) is 11.5 Å². The molecule has 2 atom stereocenters. The topological polar surface area (TPSA) is 47.6 Å². The summed E-state index contributed by atoms with van der Waals surface area (Å²) in [6, 6.07) is 13.3. The zero-order valence-corrected chi connectivity index (χ0v) is 15.3. The molecule has 1 N–H and O–H groups in total. The fraction of sp³-hybridized carbons (Fsp3) is 0.381. The molecule has 138 valence electrons. The molecule has 3 rings (SSSR count). The number of amides is 1. The molecule has 1 aliphatic rings. The number of carbonyl (C=O) groups excluding carboxylic acids is 1. The second-order valence-corrected chi connectivity index (χ2v) is 7.13. The Morgan fingerprint density at radius 1 is 1.27 bits per heavy atom. The van der Waals surface area contributed by atoms with E-state index in [-0.39, 0.29) is 23.4 Å². The molecule has 0 aromatic heterocycles. The lowest BCUT2D eigenvalue weighted by molar-refractivity contribution is -0.129. The van der Waals surface area contributed by atoms with Gasteiger partial charge in [-0.2, -0.15) is 0 Å². The quantitative estimate of drug-likeness (QED) is 0.863. The number of para-hydroxylation sites is 1. The first-order chi connectivity index (χ1) is 12.4. The van der Waals surface area contributed by atoms with Crippen LogP contribution in [0.5, 0.6) is 11.5 Å². The molecule has 0 fully saturated rings. The zero-order chi connectivity index (χ0) is 18.7. The lowest BCUT2D eigenvalue weighted by Gasteiger charge is -2.38. The van der Waals surface area contributed by atoms with Crippen molar-refractivity contribution in [1.29, 1.82) is 0 Å². The molecule has 0 spiro atoms. The Bertz CT molecular complexity index is 773. The van der Waals surface area contributed by atoms with Crippen LogP contribution in [0.25, 0.3) is 0 Å². The average Bonchev–Trinajstić information content (AvgIpc) is 2.60. The highest BCUT2D eigenvalue weighted by molar-refractivity contribution is 5.81. The maximum Gasteiger partial charge on any atom is 0.261 e.